The zero-order valence-electron chi connectivity index (χ0n) is 8.32. The Bertz CT molecular complexity index is 430. The van der Waals surface area contributed by atoms with Gasteiger partial charge in [-0.25, -0.2) is 8.42 Å². The maximum absolute atomic E-state index is 12.1. The number of hydrogen-bond donors (Lipinski definition) is 1. The van der Waals surface area contributed by atoms with Crippen LogP contribution in [0.15, 0.2) is 36.5 Å². The minimum atomic E-state index is -5.35. The summed E-state index contributed by atoms with van der Waals surface area (Å²) in [6, 6.07) is 0. The highest BCUT2D eigenvalue weighted by molar-refractivity contribution is 7.90. The van der Waals surface area contributed by atoms with Gasteiger partial charge < -0.3 is 0 Å². The molecule has 0 heterocycles. The highest BCUT2D eigenvalue weighted by atomic mass is 32.2. The second-order valence-corrected chi connectivity index (χ2v) is 5.11. The van der Waals surface area contributed by atoms with Crippen LogP contribution in [0.4, 0.5) is 13.2 Å². The average Bonchev–Trinajstić information content (AvgIpc) is 2.26. The summed E-state index contributed by atoms with van der Waals surface area (Å²) in [5, 5.41) is 0. The fraction of sp³-hybridized carbons (Fsp3) is 0.333. The van der Waals surface area contributed by atoms with Crippen molar-refractivity contribution in [2.24, 2.45) is 0 Å². The molecule has 1 aliphatic rings. The summed E-state index contributed by atoms with van der Waals surface area (Å²) >= 11 is 0. The van der Waals surface area contributed by atoms with Crippen LogP contribution in [0.1, 0.15) is 6.92 Å². The van der Waals surface area contributed by atoms with Crippen LogP contribution in [0.2, 0.25) is 0 Å². The Kier molecular flexibility index (Phi) is 3.30. The lowest BCUT2D eigenvalue weighted by molar-refractivity contribution is -0.0451. The normalized spacial score (nSPS) is 19.8. The molecule has 1 aliphatic carbocycles. The monoisotopic (exact) mass is 253 g/mol. The predicted molar refractivity (Wildman–Crippen MR) is 53.9 cm³/mol. The van der Waals surface area contributed by atoms with Crippen LogP contribution in [-0.2, 0) is 10.0 Å². The van der Waals surface area contributed by atoms with Crippen molar-refractivity contribution in [3.05, 3.63) is 36.5 Å². The van der Waals surface area contributed by atoms with E-state index in [4.69, 9.17) is 0 Å². The molecule has 0 amide bonds. The van der Waals surface area contributed by atoms with Gasteiger partial charge in [0.1, 0.15) is 0 Å². The topological polar surface area (TPSA) is 46.2 Å². The van der Waals surface area contributed by atoms with E-state index in [9.17, 15) is 21.6 Å². The van der Waals surface area contributed by atoms with Gasteiger partial charge >= 0.3 is 15.5 Å². The average molecular weight is 253 g/mol. The quantitative estimate of drug-likeness (QED) is 0.816. The molecule has 0 aromatic heterocycles. The molecule has 0 atom stereocenters. The summed E-state index contributed by atoms with van der Waals surface area (Å²) < 4.78 is 59.8. The Morgan fingerprint density at radius 1 is 1.06 bits per heavy atom. The molecule has 1 N–H and O–H groups in total. The van der Waals surface area contributed by atoms with Crippen molar-refractivity contribution >= 4 is 10.0 Å². The molecule has 0 saturated heterocycles. The number of halogens is 3. The number of hydrogen-bond acceptors (Lipinski definition) is 2. The first-order valence-corrected chi connectivity index (χ1v) is 5.79. The van der Waals surface area contributed by atoms with E-state index in [0.29, 0.717) is 0 Å². The molecule has 0 unspecified atom stereocenters. The second-order valence-electron chi connectivity index (χ2n) is 3.44. The van der Waals surface area contributed by atoms with Crippen LogP contribution >= 0.6 is 0 Å². The number of rotatable bonds is 2. The van der Waals surface area contributed by atoms with Crippen LogP contribution < -0.4 is 4.72 Å². The lowest BCUT2D eigenvalue weighted by Gasteiger charge is -2.23. The Labute approximate surface area is 91.4 Å². The summed E-state index contributed by atoms with van der Waals surface area (Å²) in [4.78, 5) is 0. The van der Waals surface area contributed by atoms with E-state index in [0.717, 1.165) is 0 Å². The molecule has 0 aliphatic heterocycles. The predicted octanol–water partition coefficient (Wildman–Crippen LogP) is 1.87. The van der Waals surface area contributed by atoms with Crippen LogP contribution in [-0.4, -0.2) is 19.5 Å². The van der Waals surface area contributed by atoms with E-state index in [1.54, 1.807) is 16.9 Å². The molecule has 0 saturated carbocycles. The summed E-state index contributed by atoms with van der Waals surface area (Å²) in [5.41, 5.74) is -6.69. The molecule has 0 aromatic rings. The lowest BCUT2D eigenvalue weighted by atomic mass is 10.0. The molecular weight excluding hydrogens is 243 g/mol. The summed E-state index contributed by atoms with van der Waals surface area (Å²) in [6.45, 7) is 1.33. The van der Waals surface area contributed by atoms with Crippen molar-refractivity contribution in [3.8, 4) is 0 Å². The molecule has 0 bridgehead atoms. The summed E-state index contributed by atoms with van der Waals surface area (Å²) in [7, 11) is -5.35. The van der Waals surface area contributed by atoms with Gasteiger partial charge in [0.05, 0.1) is 5.54 Å². The standard InChI is InChI=1S/C9H10F3NO2S/c1-8(6-4-2-3-5-7-8)13-16(14,15)9(10,11)12/h2-7,13H,1H3. The van der Waals surface area contributed by atoms with Crippen LogP contribution in [0.3, 0.4) is 0 Å². The van der Waals surface area contributed by atoms with Gasteiger partial charge in [0.2, 0.25) is 0 Å². The van der Waals surface area contributed by atoms with E-state index >= 15 is 0 Å². The SMILES string of the molecule is CC1(NS(=O)(=O)C(F)(F)F)C=CC=CC=C1. The first-order valence-electron chi connectivity index (χ1n) is 4.30. The van der Waals surface area contributed by atoms with Crippen molar-refractivity contribution < 1.29 is 21.6 Å². The smallest absolute Gasteiger partial charge is 0.203 e. The van der Waals surface area contributed by atoms with E-state index in [1.165, 1.54) is 31.2 Å². The molecule has 0 spiro atoms. The minimum absolute atomic E-state index is 1.33. The molecule has 16 heavy (non-hydrogen) atoms. The summed E-state index contributed by atoms with van der Waals surface area (Å²) in [5.74, 6) is 0. The van der Waals surface area contributed by atoms with Crippen molar-refractivity contribution in [3.63, 3.8) is 0 Å². The molecule has 7 heteroatoms. The van der Waals surface area contributed by atoms with Crippen molar-refractivity contribution in [1.82, 2.24) is 4.72 Å². The molecule has 90 valence electrons. The van der Waals surface area contributed by atoms with E-state index < -0.39 is 21.1 Å². The molecule has 3 nitrogen and oxygen atoms in total. The minimum Gasteiger partial charge on any atom is -0.203 e. The van der Waals surface area contributed by atoms with Crippen molar-refractivity contribution in [1.29, 1.82) is 0 Å². The van der Waals surface area contributed by atoms with Gasteiger partial charge in [0.25, 0.3) is 0 Å². The fourth-order valence-corrected chi connectivity index (χ4v) is 1.94. The third-order valence-corrected chi connectivity index (χ3v) is 3.20. The van der Waals surface area contributed by atoms with Gasteiger partial charge in [-0.1, -0.05) is 36.5 Å². The van der Waals surface area contributed by atoms with Crippen molar-refractivity contribution in [2.45, 2.75) is 18.0 Å². The first-order chi connectivity index (χ1) is 7.16. The zero-order valence-corrected chi connectivity index (χ0v) is 9.14. The molecule has 1 rings (SSSR count). The Morgan fingerprint density at radius 3 is 1.88 bits per heavy atom. The van der Waals surface area contributed by atoms with Gasteiger partial charge in [-0.15, -0.1) is 0 Å². The third-order valence-electron chi connectivity index (χ3n) is 1.88. The summed E-state index contributed by atoms with van der Waals surface area (Å²) in [6.07, 6.45) is 8.78. The van der Waals surface area contributed by atoms with Gasteiger partial charge in [-0.3, -0.25) is 0 Å². The number of alkyl halides is 3. The van der Waals surface area contributed by atoms with Gasteiger partial charge in [-0.05, 0) is 6.92 Å². The highest BCUT2D eigenvalue weighted by Crippen LogP contribution is 2.25. The molecule has 0 aromatic carbocycles. The van der Waals surface area contributed by atoms with Gasteiger partial charge in [0, 0.05) is 0 Å². The molecular formula is C9H10F3NO2S. The van der Waals surface area contributed by atoms with Crippen molar-refractivity contribution in [2.75, 3.05) is 0 Å². The number of sulfonamides is 1. The van der Waals surface area contributed by atoms with E-state index in [1.807, 2.05) is 0 Å². The van der Waals surface area contributed by atoms with Crippen LogP contribution in [0, 0.1) is 0 Å². The maximum atomic E-state index is 12.1. The largest absolute Gasteiger partial charge is 0.511 e. The van der Waals surface area contributed by atoms with Crippen LogP contribution in [0.25, 0.3) is 0 Å². The number of allylic oxidation sites excluding steroid dienone is 4. The van der Waals surface area contributed by atoms with Gasteiger partial charge in [0.15, 0.2) is 0 Å². The number of nitrogens with one attached hydrogen (secondary N) is 1. The lowest BCUT2D eigenvalue weighted by Crippen LogP contribution is -2.48. The van der Waals surface area contributed by atoms with E-state index in [-0.39, 0.29) is 0 Å². The highest BCUT2D eigenvalue weighted by Gasteiger charge is 2.48. The Balaban J connectivity index is 2.98. The molecule has 0 fully saturated rings. The van der Waals surface area contributed by atoms with E-state index in [2.05, 4.69) is 0 Å². The maximum Gasteiger partial charge on any atom is 0.511 e. The second kappa shape index (κ2) is 4.06. The Morgan fingerprint density at radius 2 is 1.50 bits per heavy atom. The Hall–Kier alpha value is -1.08. The fourth-order valence-electron chi connectivity index (χ4n) is 1.11. The molecule has 0 radical (unpaired) electrons. The first kappa shape index (κ1) is 13.0. The zero-order chi connectivity index (χ0) is 12.4. The van der Waals surface area contributed by atoms with Crippen LogP contribution in [0.5, 0.6) is 0 Å². The third kappa shape index (κ3) is 2.96. The van der Waals surface area contributed by atoms with Gasteiger partial charge in [-0.2, -0.15) is 17.9 Å².